The quantitative estimate of drug-likeness (QED) is 0.221. The van der Waals surface area contributed by atoms with Gasteiger partial charge in [-0.2, -0.15) is 0 Å². The second kappa shape index (κ2) is 11.0. The molecular weight excluding hydrogens is 360 g/mol. The molecule has 8 nitrogen and oxygen atoms in total. The zero-order valence-electron chi connectivity index (χ0n) is 16.1. The van der Waals surface area contributed by atoms with Gasteiger partial charge in [0.1, 0.15) is 6.61 Å². The Kier molecular flexibility index (Phi) is 8.37. The molecule has 1 saturated heterocycles. The van der Waals surface area contributed by atoms with E-state index in [-0.39, 0.29) is 37.1 Å². The van der Waals surface area contributed by atoms with Gasteiger partial charge in [0.25, 0.3) is 0 Å². The molecule has 3 atom stereocenters. The van der Waals surface area contributed by atoms with Gasteiger partial charge in [0.15, 0.2) is 0 Å². The van der Waals surface area contributed by atoms with Crippen molar-refractivity contribution in [3.63, 3.8) is 0 Å². The van der Waals surface area contributed by atoms with Crippen molar-refractivity contribution in [1.82, 2.24) is 4.90 Å². The molecule has 2 rings (SSSR count). The van der Waals surface area contributed by atoms with Gasteiger partial charge < -0.3 is 14.4 Å². The van der Waals surface area contributed by atoms with E-state index in [1.165, 1.54) is 6.92 Å². The van der Waals surface area contributed by atoms with Crippen LogP contribution in [0.4, 0.5) is 4.79 Å². The second-order valence-corrected chi connectivity index (χ2v) is 6.91. The minimum atomic E-state index is -0.431. The molecule has 0 radical (unpaired) electrons. The van der Waals surface area contributed by atoms with E-state index in [0.717, 1.165) is 5.56 Å². The molecule has 1 amide bonds. The number of azide groups is 1. The third kappa shape index (κ3) is 6.63. The summed E-state index contributed by atoms with van der Waals surface area (Å²) in [7, 11) is 0. The summed E-state index contributed by atoms with van der Waals surface area (Å²) in [6.07, 6.45) is 2.47. The maximum atomic E-state index is 12.6. The molecule has 1 aromatic carbocycles. The zero-order valence-corrected chi connectivity index (χ0v) is 16.1. The number of benzene rings is 1. The number of hydrogen-bond donors (Lipinski definition) is 0. The molecule has 1 heterocycles. The average Bonchev–Trinajstić information content (AvgIpc) is 2.71. The van der Waals surface area contributed by atoms with E-state index in [4.69, 9.17) is 15.0 Å². The van der Waals surface area contributed by atoms with Gasteiger partial charge in [-0.1, -0.05) is 41.5 Å². The summed E-state index contributed by atoms with van der Waals surface area (Å²) in [6, 6.07) is 9.13. The number of piperidine rings is 1. The molecule has 0 bridgehead atoms. The number of carbonyl (C=O) groups excluding carboxylic acids is 2. The molecule has 0 spiro atoms. The van der Waals surface area contributed by atoms with Crippen LogP contribution >= 0.6 is 0 Å². The van der Waals surface area contributed by atoms with Crippen LogP contribution in [-0.2, 0) is 20.9 Å². The van der Waals surface area contributed by atoms with E-state index in [9.17, 15) is 9.59 Å². The molecule has 0 saturated carbocycles. The van der Waals surface area contributed by atoms with E-state index in [0.29, 0.717) is 25.9 Å². The highest BCUT2D eigenvalue weighted by molar-refractivity contribution is 5.68. The highest BCUT2D eigenvalue weighted by Gasteiger charge is 2.34. The minimum Gasteiger partial charge on any atom is -0.466 e. The molecule has 0 aromatic heterocycles. The number of esters is 1. The predicted molar refractivity (Wildman–Crippen MR) is 104 cm³/mol. The first-order valence-electron chi connectivity index (χ1n) is 9.27. The second-order valence-electron chi connectivity index (χ2n) is 6.91. The fourth-order valence-corrected chi connectivity index (χ4v) is 3.41. The smallest absolute Gasteiger partial charge is 0.410 e. The maximum Gasteiger partial charge on any atom is 0.410 e. The third-order valence-electron chi connectivity index (χ3n) is 4.71. The fourth-order valence-electron chi connectivity index (χ4n) is 3.41. The van der Waals surface area contributed by atoms with E-state index < -0.39 is 6.09 Å². The Bertz CT molecular complexity index is 718. The van der Waals surface area contributed by atoms with Gasteiger partial charge in [-0.15, -0.1) is 6.58 Å². The Morgan fingerprint density at radius 3 is 2.75 bits per heavy atom. The summed E-state index contributed by atoms with van der Waals surface area (Å²) in [6.45, 7) is 6.31. The van der Waals surface area contributed by atoms with Crippen molar-refractivity contribution in [3.05, 3.63) is 59.0 Å². The summed E-state index contributed by atoms with van der Waals surface area (Å²) >= 11 is 0. The fraction of sp³-hybridized carbons (Fsp3) is 0.500. The molecule has 1 fully saturated rings. The lowest BCUT2D eigenvalue weighted by atomic mass is 9.84. The van der Waals surface area contributed by atoms with Gasteiger partial charge >= 0.3 is 12.1 Å². The predicted octanol–water partition coefficient (Wildman–Crippen LogP) is 4.08. The largest absolute Gasteiger partial charge is 0.466 e. The van der Waals surface area contributed by atoms with Crippen molar-refractivity contribution in [2.75, 3.05) is 19.7 Å². The first kappa shape index (κ1) is 21.3. The molecule has 0 unspecified atom stereocenters. The first-order chi connectivity index (χ1) is 13.5. The molecule has 8 heteroatoms. The normalized spacial score (nSPS) is 19.8. The monoisotopic (exact) mass is 386 g/mol. The van der Waals surface area contributed by atoms with Crippen LogP contribution in [0.2, 0.25) is 0 Å². The van der Waals surface area contributed by atoms with Crippen molar-refractivity contribution in [1.29, 1.82) is 0 Å². The molecule has 150 valence electrons. The number of hydrogen-bond acceptors (Lipinski definition) is 5. The number of ether oxygens (including phenoxy) is 2. The topological polar surface area (TPSA) is 105 Å². The van der Waals surface area contributed by atoms with Crippen LogP contribution in [0.3, 0.4) is 0 Å². The molecule has 1 aromatic rings. The van der Waals surface area contributed by atoms with Gasteiger partial charge in [0.2, 0.25) is 0 Å². The van der Waals surface area contributed by atoms with Crippen LogP contribution < -0.4 is 0 Å². The van der Waals surface area contributed by atoms with E-state index in [1.54, 1.807) is 11.0 Å². The highest BCUT2D eigenvalue weighted by Crippen LogP contribution is 2.29. The highest BCUT2D eigenvalue weighted by atomic mass is 16.6. The lowest BCUT2D eigenvalue weighted by molar-refractivity contribution is -0.143. The van der Waals surface area contributed by atoms with Crippen molar-refractivity contribution in [2.24, 2.45) is 17.0 Å². The Balaban J connectivity index is 2.06. The maximum absolute atomic E-state index is 12.6. The molecule has 28 heavy (non-hydrogen) atoms. The van der Waals surface area contributed by atoms with Gasteiger partial charge in [-0.25, -0.2) is 4.79 Å². The van der Waals surface area contributed by atoms with Crippen molar-refractivity contribution in [3.8, 4) is 0 Å². The van der Waals surface area contributed by atoms with Crippen molar-refractivity contribution < 1.29 is 19.1 Å². The van der Waals surface area contributed by atoms with Crippen molar-refractivity contribution >= 4 is 12.1 Å². The van der Waals surface area contributed by atoms with Crippen LogP contribution in [0.15, 0.2) is 48.1 Å². The summed E-state index contributed by atoms with van der Waals surface area (Å²) in [5.41, 5.74) is 9.77. The number of carbonyl (C=O) groups is 2. The number of rotatable bonds is 8. The van der Waals surface area contributed by atoms with Crippen LogP contribution in [-0.4, -0.2) is 42.7 Å². The van der Waals surface area contributed by atoms with Crippen LogP contribution in [0, 0.1) is 11.8 Å². The molecular formula is C20H26N4O4. The van der Waals surface area contributed by atoms with Gasteiger partial charge in [0, 0.05) is 36.9 Å². The van der Waals surface area contributed by atoms with Crippen LogP contribution in [0.25, 0.3) is 10.4 Å². The zero-order chi connectivity index (χ0) is 20.4. The lowest BCUT2D eigenvalue weighted by Crippen LogP contribution is -2.48. The first-order valence-corrected chi connectivity index (χ1v) is 9.27. The SMILES string of the molecule is C=CC[C@@H](N=[N+]=[N-])[C@@H]1C[C@H](COC(C)=O)CN(C(=O)OCc2ccccc2)C1. The van der Waals surface area contributed by atoms with E-state index in [1.807, 2.05) is 30.3 Å². The van der Waals surface area contributed by atoms with Crippen LogP contribution in [0.5, 0.6) is 0 Å². The van der Waals surface area contributed by atoms with Gasteiger partial charge in [0.05, 0.1) is 6.61 Å². The number of nitrogens with zero attached hydrogens (tertiary/aromatic N) is 4. The Morgan fingerprint density at radius 2 is 2.11 bits per heavy atom. The number of likely N-dealkylation sites (tertiary alicyclic amines) is 1. The molecule has 1 aliphatic rings. The van der Waals surface area contributed by atoms with E-state index >= 15 is 0 Å². The summed E-state index contributed by atoms with van der Waals surface area (Å²) in [4.78, 5) is 28.3. The van der Waals surface area contributed by atoms with Gasteiger partial charge in [-0.05, 0) is 29.9 Å². The van der Waals surface area contributed by atoms with E-state index in [2.05, 4.69) is 16.6 Å². The summed E-state index contributed by atoms with van der Waals surface area (Å²) < 4.78 is 10.6. The van der Waals surface area contributed by atoms with Gasteiger partial charge in [-0.3, -0.25) is 4.79 Å². The molecule has 1 aliphatic heterocycles. The van der Waals surface area contributed by atoms with Crippen molar-refractivity contribution in [2.45, 2.75) is 32.4 Å². The van der Waals surface area contributed by atoms with Crippen LogP contribution in [0.1, 0.15) is 25.3 Å². The molecule has 0 N–H and O–H groups in total. The average molecular weight is 386 g/mol. The number of amides is 1. The summed E-state index contributed by atoms with van der Waals surface area (Å²) in [5, 5.41) is 3.88. The lowest BCUT2D eigenvalue weighted by Gasteiger charge is -2.39. The Morgan fingerprint density at radius 1 is 1.36 bits per heavy atom. The molecule has 0 aliphatic carbocycles. The Hall–Kier alpha value is -2.99. The summed E-state index contributed by atoms with van der Waals surface area (Å²) in [5.74, 6) is -0.473. The third-order valence-corrected chi connectivity index (χ3v) is 4.71. The standard InChI is InChI=1S/C20H26N4O4/c1-3-7-19(22-23-21)18-10-17(14-27-15(2)25)11-24(12-18)20(26)28-13-16-8-5-4-6-9-16/h3-6,8-9,17-19H,1,7,10-14H2,2H3/t17-,18+,19+/m0/s1. The minimum absolute atomic E-state index is 0.0480. The Labute approximate surface area is 164 Å².